The highest BCUT2D eigenvalue weighted by atomic mass is 16.3. The number of fused-ring (bicyclic) bond motifs is 1. The summed E-state index contributed by atoms with van der Waals surface area (Å²) in [6.45, 7) is 0.868. The van der Waals surface area contributed by atoms with Crippen molar-refractivity contribution in [1.29, 1.82) is 0 Å². The van der Waals surface area contributed by atoms with E-state index in [4.69, 9.17) is 0 Å². The molecule has 1 amide bonds. The molecular weight excluding hydrogens is 364 g/mol. The molecule has 2 heterocycles. The van der Waals surface area contributed by atoms with Crippen LogP contribution in [-0.4, -0.2) is 31.7 Å². The number of carbonyl (C=O) groups is 1. The van der Waals surface area contributed by atoms with Gasteiger partial charge in [-0.15, -0.1) is 0 Å². The maximum absolute atomic E-state index is 13.0. The summed E-state index contributed by atoms with van der Waals surface area (Å²) in [7, 11) is 0. The first-order chi connectivity index (χ1) is 14.3. The van der Waals surface area contributed by atoms with Crippen molar-refractivity contribution in [1.82, 2.24) is 19.4 Å². The lowest BCUT2D eigenvalue weighted by Crippen LogP contribution is -2.35. The Kier molecular flexibility index (Phi) is 5.72. The summed E-state index contributed by atoms with van der Waals surface area (Å²) < 4.78 is 3.89. The molecule has 2 aromatic carbocycles. The van der Waals surface area contributed by atoms with Crippen LogP contribution < -0.4 is 5.32 Å². The van der Waals surface area contributed by atoms with Crippen molar-refractivity contribution in [3.05, 3.63) is 90.5 Å². The molecule has 4 rings (SSSR count). The molecule has 2 aromatic heterocycles. The van der Waals surface area contributed by atoms with Crippen LogP contribution >= 0.6 is 0 Å². The van der Waals surface area contributed by atoms with Gasteiger partial charge in [0, 0.05) is 31.9 Å². The monoisotopic (exact) mass is 388 g/mol. The van der Waals surface area contributed by atoms with Crippen LogP contribution in [0.15, 0.2) is 79.1 Å². The van der Waals surface area contributed by atoms with Crippen LogP contribution in [0.4, 0.5) is 0 Å². The minimum atomic E-state index is -0.316. The molecule has 0 saturated heterocycles. The Bertz CT molecular complexity index is 1070. The minimum absolute atomic E-state index is 0.0278. The van der Waals surface area contributed by atoms with Crippen LogP contribution in [0, 0.1) is 0 Å². The normalized spacial score (nSPS) is 12.2. The number of aliphatic hydroxyl groups is 1. The molecule has 4 aromatic rings. The molecule has 0 aliphatic rings. The highest BCUT2D eigenvalue weighted by Gasteiger charge is 2.20. The van der Waals surface area contributed by atoms with Gasteiger partial charge in [-0.25, -0.2) is 4.98 Å². The van der Waals surface area contributed by atoms with E-state index >= 15 is 0 Å². The smallest absolute Gasteiger partial charge is 0.243 e. The number of aromatic nitrogens is 3. The molecule has 0 radical (unpaired) electrons. The second kappa shape index (κ2) is 8.75. The van der Waals surface area contributed by atoms with Crippen LogP contribution in [-0.2, 0) is 24.4 Å². The van der Waals surface area contributed by atoms with Gasteiger partial charge in [-0.1, -0.05) is 42.5 Å². The van der Waals surface area contributed by atoms with Gasteiger partial charge in [0.15, 0.2) is 0 Å². The van der Waals surface area contributed by atoms with Gasteiger partial charge in [0.25, 0.3) is 0 Å². The molecule has 0 unspecified atom stereocenters. The van der Waals surface area contributed by atoms with Crippen LogP contribution in [0.1, 0.15) is 17.4 Å². The summed E-state index contributed by atoms with van der Waals surface area (Å²) in [4.78, 5) is 17.4. The summed E-state index contributed by atoms with van der Waals surface area (Å²) in [6.07, 6.45) is 4.46. The summed E-state index contributed by atoms with van der Waals surface area (Å²) in [6, 6.07) is 21.3. The van der Waals surface area contributed by atoms with Crippen molar-refractivity contribution in [2.75, 3.05) is 6.54 Å². The number of rotatable bonds is 8. The predicted octanol–water partition coefficient (Wildman–Crippen LogP) is 2.93. The van der Waals surface area contributed by atoms with E-state index in [1.165, 1.54) is 0 Å². The second-order valence-corrected chi connectivity index (χ2v) is 6.95. The molecule has 6 heteroatoms. The predicted molar refractivity (Wildman–Crippen MR) is 112 cm³/mol. The number of imidazole rings is 1. The molecule has 0 fully saturated rings. The van der Waals surface area contributed by atoms with E-state index in [9.17, 15) is 9.90 Å². The highest BCUT2D eigenvalue weighted by Crippen LogP contribution is 2.17. The van der Waals surface area contributed by atoms with Crippen LogP contribution in [0.25, 0.3) is 11.0 Å². The van der Waals surface area contributed by atoms with Crippen LogP contribution in [0.5, 0.6) is 0 Å². The van der Waals surface area contributed by atoms with Gasteiger partial charge in [-0.3, -0.25) is 4.79 Å². The maximum atomic E-state index is 13.0. The molecule has 2 N–H and O–H groups in total. The Morgan fingerprint density at radius 3 is 2.48 bits per heavy atom. The molecule has 0 aliphatic carbocycles. The maximum Gasteiger partial charge on any atom is 0.243 e. The van der Waals surface area contributed by atoms with Crippen molar-refractivity contribution < 1.29 is 9.90 Å². The average Bonchev–Trinajstić information content (AvgIpc) is 3.41. The summed E-state index contributed by atoms with van der Waals surface area (Å²) >= 11 is 0. The van der Waals surface area contributed by atoms with E-state index in [0.29, 0.717) is 25.3 Å². The van der Waals surface area contributed by atoms with Gasteiger partial charge in [-0.2, -0.15) is 0 Å². The van der Waals surface area contributed by atoms with Crippen molar-refractivity contribution >= 4 is 16.9 Å². The zero-order valence-corrected chi connectivity index (χ0v) is 16.1. The molecule has 0 spiro atoms. The summed E-state index contributed by atoms with van der Waals surface area (Å²) in [5.41, 5.74) is 2.92. The Hall–Kier alpha value is -3.38. The van der Waals surface area contributed by atoms with Crippen molar-refractivity contribution in [3.8, 4) is 0 Å². The van der Waals surface area contributed by atoms with Gasteiger partial charge < -0.3 is 19.6 Å². The quantitative estimate of drug-likeness (QED) is 0.488. The third kappa shape index (κ3) is 4.22. The lowest BCUT2D eigenvalue weighted by atomic mass is 10.1. The molecule has 1 atom stereocenters. The van der Waals surface area contributed by atoms with Crippen molar-refractivity contribution in [3.63, 3.8) is 0 Å². The average molecular weight is 388 g/mol. The Morgan fingerprint density at radius 2 is 1.72 bits per heavy atom. The number of nitrogens with one attached hydrogen (secondary N) is 1. The number of carbonyl (C=O) groups excluding carboxylic acids is 1. The van der Waals surface area contributed by atoms with Crippen LogP contribution in [0.3, 0.4) is 0 Å². The molecule has 0 aliphatic heterocycles. The topological polar surface area (TPSA) is 72.1 Å². The highest BCUT2D eigenvalue weighted by molar-refractivity contribution is 5.80. The summed E-state index contributed by atoms with van der Waals surface area (Å²) in [5.74, 6) is 0.576. The minimum Gasteiger partial charge on any atom is -0.388 e. The lowest BCUT2D eigenvalue weighted by molar-refractivity contribution is -0.124. The first-order valence-corrected chi connectivity index (χ1v) is 9.75. The molecule has 0 bridgehead atoms. The van der Waals surface area contributed by atoms with Gasteiger partial charge >= 0.3 is 0 Å². The Balaban J connectivity index is 1.46. The Labute approximate surface area is 169 Å². The fraction of sp³-hybridized carbons (Fsp3) is 0.217. The van der Waals surface area contributed by atoms with Crippen LogP contribution in [0.2, 0.25) is 0 Å². The number of hydrogen-bond donors (Lipinski definition) is 2. The number of nitrogens with zero attached hydrogens (tertiary/aromatic N) is 3. The van der Waals surface area contributed by atoms with Gasteiger partial charge in [-0.05, 0) is 29.8 Å². The number of aliphatic hydroxyl groups excluding tert-OH is 1. The third-order valence-corrected chi connectivity index (χ3v) is 5.07. The SMILES string of the molecule is O=C(NCCn1c(CO)nc2ccccc21)[C@H](Cc1ccccc1)n1cccc1. The first kappa shape index (κ1) is 19.0. The molecule has 0 saturated carbocycles. The number of benzene rings is 2. The number of hydrogen-bond acceptors (Lipinski definition) is 3. The van der Waals surface area contributed by atoms with E-state index in [1.807, 2.05) is 88.3 Å². The Morgan fingerprint density at radius 1 is 1.00 bits per heavy atom. The lowest BCUT2D eigenvalue weighted by Gasteiger charge is -2.19. The first-order valence-electron chi connectivity index (χ1n) is 9.75. The van der Waals surface area contributed by atoms with E-state index in [1.54, 1.807) is 0 Å². The van der Waals surface area contributed by atoms with Gasteiger partial charge in [0.2, 0.25) is 5.91 Å². The second-order valence-electron chi connectivity index (χ2n) is 6.95. The fourth-order valence-corrected chi connectivity index (χ4v) is 3.63. The van der Waals surface area contributed by atoms with E-state index < -0.39 is 0 Å². The molecule has 6 nitrogen and oxygen atoms in total. The van der Waals surface area contributed by atoms with Gasteiger partial charge in [0.05, 0.1) is 11.0 Å². The zero-order chi connectivity index (χ0) is 20.1. The summed E-state index contributed by atoms with van der Waals surface area (Å²) in [5, 5.41) is 12.7. The number of amides is 1. The zero-order valence-electron chi connectivity index (χ0n) is 16.1. The molecule has 29 heavy (non-hydrogen) atoms. The standard InChI is InChI=1S/C23H24N4O2/c28-17-22-25-19-10-4-5-11-20(19)27(22)15-12-24-23(29)21(26-13-6-7-14-26)16-18-8-2-1-3-9-18/h1-11,13-14,21,28H,12,15-17H2,(H,24,29)/t21-/m0/s1. The molecular formula is C23H24N4O2. The van der Waals surface area contributed by atoms with Crippen molar-refractivity contribution in [2.24, 2.45) is 0 Å². The van der Waals surface area contributed by atoms with E-state index in [-0.39, 0.29) is 18.6 Å². The van der Waals surface area contributed by atoms with E-state index in [0.717, 1.165) is 16.6 Å². The molecule has 148 valence electrons. The third-order valence-electron chi connectivity index (χ3n) is 5.07. The fourth-order valence-electron chi connectivity index (χ4n) is 3.63. The van der Waals surface area contributed by atoms with Crippen molar-refractivity contribution in [2.45, 2.75) is 25.6 Å². The van der Waals surface area contributed by atoms with Gasteiger partial charge in [0.1, 0.15) is 18.5 Å². The number of para-hydroxylation sites is 2. The van der Waals surface area contributed by atoms with E-state index in [2.05, 4.69) is 10.3 Å². The largest absolute Gasteiger partial charge is 0.388 e.